The molecule has 4 unspecified atom stereocenters. The highest BCUT2D eigenvalue weighted by Crippen LogP contribution is 2.93. The van der Waals surface area contributed by atoms with Crippen LogP contribution in [0, 0.1) is 0 Å². The Labute approximate surface area is 269 Å². The SMILES string of the molecule is CS(S)(SS)C1=C(S(C)(S)SS)C(Br)(C2(Br)C=CC=C2)C(S(C)(S)SS)=C1S(C)(S)SS. The van der Waals surface area contributed by atoms with E-state index in [4.69, 9.17) is 46.6 Å². The van der Waals surface area contributed by atoms with Gasteiger partial charge in [-0.25, -0.2) is 0 Å². The Hall–Kier alpha value is 5.52. The maximum atomic E-state index is 5.23. The van der Waals surface area contributed by atoms with Gasteiger partial charge in [-0.05, 0) is 64.3 Å². The van der Waals surface area contributed by atoms with Crippen LogP contribution in [0.3, 0.4) is 0 Å². The van der Waals surface area contributed by atoms with Gasteiger partial charge in [0.05, 0.1) is 4.32 Å². The summed E-state index contributed by atoms with van der Waals surface area (Å²) < 4.78 is -1.23. The minimum Gasteiger partial charge on any atom is -0.116 e. The van der Waals surface area contributed by atoms with Crippen molar-refractivity contribution in [1.29, 1.82) is 0 Å². The Morgan fingerprint density at radius 2 is 0.906 bits per heavy atom. The van der Waals surface area contributed by atoms with E-state index in [0.717, 1.165) is 19.6 Å². The molecule has 0 aromatic carbocycles. The number of halogens is 2. The summed E-state index contributed by atoms with van der Waals surface area (Å²) in [5, 5.41) is 0. The van der Waals surface area contributed by atoms with Crippen LogP contribution in [0.1, 0.15) is 0 Å². The van der Waals surface area contributed by atoms with Crippen LogP contribution in [-0.4, -0.2) is 33.7 Å². The van der Waals surface area contributed by atoms with Crippen LogP contribution in [0.15, 0.2) is 43.9 Å². The highest BCUT2D eigenvalue weighted by atomic mass is 79.9. The number of alkyl halides is 2. The number of thiol groups is 8. The van der Waals surface area contributed by atoms with E-state index in [1.54, 1.807) is 0 Å². The zero-order chi connectivity index (χ0) is 25.0. The summed E-state index contributed by atoms with van der Waals surface area (Å²) >= 11 is 48.0. The number of allylic oxidation sites excluding steroid dienone is 6. The van der Waals surface area contributed by atoms with Crippen LogP contribution in [0.2, 0.25) is 0 Å². The number of hydrogen-bond donors (Lipinski definition) is 8. The van der Waals surface area contributed by atoms with Gasteiger partial charge in [0.25, 0.3) is 0 Å². The Bertz CT molecular complexity index is 821. The molecule has 190 valence electrons. The lowest BCUT2D eigenvalue weighted by Gasteiger charge is -2.50. The predicted molar refractivity (Wildman–Crippen MR) is 212 cm³/mol. The Morgan fingerprint density at radius 1 is 0.625 bits per heavy atom. The van der Waals surface area contributed by atoms with Gasteiger partial charge in [0.2, 0.25) is 0 Å². The third-order valence-electron chi connectivity index (χ3n) is 4.66. The summed E-state index contributed by atoms with van der Waals surface area (Å²) in [5.41, 5.74) is 0. The number of rotatable bonds is 9. The van der Waals surface area contributed by atoms with Crippen molar-refractivity contribution < 1.29 is 0 Å². The monoisotopic (exact) mass is 862 g/mol. The molecule has 0 amide bonds. The molecule has 2 aliphatic carbocycles. The van der Waals surface area contributed by atoms with Crippen molar-refractivity contribution in [2.45, 2.75) is 8.65 Å². The van der Waals surface area contributed by atoms with Gasteiger partial charge >= 0.3 is 0 Å². The molecule has 0 saturated heterocycles. The lowest BCUT2D eigenvalue weighted by Crippen LogP contribution is -2.44. The van der Waals surface area contributed by atoms with Crippen LogP contribution in [0.4, 0.5) is 0 Å². The normalized spacial score (nSPS) is 34.3. The molecule has 0 fully saturated rings. The molecule has 0 bridgehead atoms. The van der Waals surface area contributed by atoms with Gasteiger partial charge in [-0.1, -0.05) is 56.2 Å². The van der Waals surface area contributed by atoms with E-state index in [1.807, 2.05) is 0 Å². The first kappa shape index (κ1) is 33.7. The molecule has 2 aliphatic rings. The van der Waals surface area contributed by atoms with E-state index < -0.39 is 41.0 Å². The summed E-state index contributed by atoms with van der Waals surface area (Å²) in [6, 6.07) is 0. The van der Waals surface area contributed by atoms with Gasteiger partial charge < -0.3 is 0 Å². The van der Waals surface area contributed by atoms with Crippen molar-refractivity contribution in [3.63, 3.8) is 0 Å². The first-order chi connectivity index (χ1) is 14.4. The molecule has 0 radical (unpaired) electrons. The molecule has 0 aliphatic heterocycles. The lowest BCUT2D eigenvalue weighted by molar-refractivity contribution is 0.804. The third-order valence-corrected chi connectivity index (χ3v) is 40.0. The van der Waals surface area contributed by atoms with E-state index in [2.05, 4.69) is 128 Å². The quantitative estimate of drug-likeness (QED) is 0.0661. The standard InChI is InChI=1S/C14H24Br2S16/c1-29(21,25-17)9-10(30(2,22)26-18)12(32(4,24)28-20)14(16,11(9)31(3,23)27-19)13(15)7-5-6-8-13/h5-8,17-24H,1-4H3. The molecular weight excluding hydrogens is 841 g/mol. The molecule has 18 heteroatoms. The van der Waals surface area contributed by atoms with Crippen LogP contribution in [0.5, 0.6) is 0 Å². The highest BCUT2D eigenvalue weighted by molar-refractivity contribution is 9.38. The van der Waals surface area contributed by atoms with Gasteiger partial charge in [-0.2, -0.15) is 0 Å². The van der Waals surface area contributed by atoms with Gasteiger partial charge in [0.15, 0.2) is 0 Å². The second kappa shape index (κ2) is 12.2. The van der Waals surface area contributed by atoms with E-state index in [0.29, 0.717) is 0 Å². The van der Waals surface area contributed by atoms with Crippen molar-refractivity contribution >= 4 is 197 Å². The van der Waals surface area contributed by atoms with Crippen molar-refractivity contribution in [2.24, 2.45) is 0 Å². The maximum Gasteiger partial charge on any atom is 0.112 e. The van der Waals surface area contributed by atoms with Crippen molar-refractivity contribution in [3.8, 4) is 0 Å². The van der Waals surface area contributed by atoms with Gasteiger partial charge in [0.1, 0.15) is 4.32 Å². The summed E-state index contributed by atoms with van der Waals surface area (Å²) in [6.45, 7) is 0. The van der Waals surface area contributed by atoms with Crippen molar-refractivity contribution in [3.05, 3.63) is 43.9 Å². The van der Waals surface area contributed by atoms with Crippen molar-refractivity contribution in [1.82, 2.24) is 0 Å². The third kappa shape index (κ3) is 6.07. The van der Waals surface area contributed by atoms with E-state index in [9.17, 15) is 0 Å². The topological polar surface area (TPSA) is 0 Å². The first-order valence-corrected chi connectivity index (χ1v) is 31.5. The van der Waals surface area contributed by atoms with Gasteiger partial charge in [-0.3, -0.25) is 0 Å². The Balaban J connectivity index is 3.28. The van der Waals surface area contributed by atoms with E-state index in [-0.39, 0.29) is 0 Å². The molecule has 0 N–H and O–H groups in total. The van der Waals surface area contributed by atoms with Crippen LogP contribution in [-0.2, 0) is 0 Å². The fraction of sp³-hybridized carbons (Fsp3) is 0.429. The minimum atomic E-state index is -1.74. The largest absolute Gasteiger partial charge is 0.116 e. The van der Waals surface area contributed by atoms with Crippen LogP contribution < -0.4 is 0 Å². The zero-order valence-electron chi connectivity index (χ0n) is 16.9. The van der Waals surface area contributed by atoms with Gasteiger partial charge in [-0.15, -0.1) is 126 Å². The second-order valence-corrected chi connectivity index (χ2v) is 45.0. The molecule has 0 nitrogen and oxygen atoms in total. The van der Waals surface area contributed by atoms with Crippen LogP contribution in [0.25, 0.3) is 0 Å². The summed E-state index contributed by atoms with van der Waals surface area (Å²) in [4.78, 5) is 4.62. The maximum absolute atomic E-state index is 5.23. The first-order valence-electron chi connectivity index (χ1n) is 8.03. The Morgan fingerprint density at radius 3 is 1.16 bits per heavy atom. The average Bonchev–Trinajstić information content (AvgIpc) is 3.30. The molecule has 0 spiro atoms. The minimum absolute atomic E-state index is 0.548. The van der Waals surface area contributed by atoms with E-state index in [1.165, 1.54) is 39.3 Å². The number of hydrogen-bond acceptors (Lipinski definition) is 12. The zero-order valence-corrected chi connectivity index (χ0v) is 33.8. The predicted octanol–water partition coefficient (Wildman–Crippen LogP) is 11.9. The fourth-order valence-electron chi connectivity index (χ4n) is 3.35. The fourth-order valence-corrected chi connectivity index (χ4v) is 26.8. The highest BCUT2D eigenvalue weighted by Gasteiger charge is 2.64. The molecule has 32 heavy (non-hydrogen) atoms. The molecule has 0 heterocycles. The molecule has 0 saturated carbocycles. The summed E-state index contributed by atoms with van der Waals surface area (Å²) in [6.07, 6.45) is 17.1. The van der Waals surface area contributed by atoms with E-state index >= 15 is 0 Å². The lowest BCUT2D eigenvalue weighted by atomic mass is 9.94. The molecular formula is C14H24Br2S16. The molecule has 2 rings (SSSR count). The van der Waals surface area contributed by atoms with Crippen molar-refractivity contribution in [2.75, 3.05) is 25.0 Å². The summed E-state index contributed by atoms with van der Waals surface area (Å²) in [5.74, 6) is 0. The molecule has 0 aromatic rings. The van der Waals surface area contributed by atoms with Crippen LogP contribution >= 0.6 is 197 Å². The molecule has 4 atom stereocenters. The smallest absolute Gasteiger partial charge is 0.112 e. The Kier molecular flexibility index (Phi) is 12.8. The summed E-state index contributed by atoms with van der Waals surface area (Å²) in [7, 11) is -1.02. The van der Waals surface area contributed by atoms with Gasteiger partial charge in [0, 0.05) is 19.6 Å². The second-order valence-electron chi connectivity index (χ2n) is 6.97. The average molecular weight is 865 g/mol. The molecule has 0 aromatic heterocycles.